The third-order valence-corrected chi connectivity index (χ3v) is 3.54. The topological polar surface area (TPSA) is 67.4 Å². The zero-order valence-corrected chi connectivity index (χ0v) is 14.2. The summed E-state index contributed by atoms with van der Waals surface area (Å²) in [5.41, 5.74) is 4.43. The second-order valence-corrected chi connectivity index (χ2v) is 5.71. The SMILES string of the molecule is CCONC(=O)Cc1ccc(NC(=O)c2ccc(Br)cc2)cc1. The highest BCUT2D eigenvalue weighted by Gasteiger charge is 2.07. The third-order valence-electron chi connectivity index (χ3n) is 3.01. The zero-order valence-electron chi connectivity index (χ0n) is 12.6. The summed E-state index contributed by atoms with van der Waals surface area (Å²) in [5.74, 6) is -0.391. The molecule has 0 saturated heterocycles. The molecule has 5 nitrogen and oxygen atoms in total. The van der Waals surface area contributed by atoms with Crippen LogP contribution in [0.2, 0.25) is 0 Å². The number of carbonyl (C=O) groups excluding carboxylic acids is 2. The van der Waals surface area contributed by atoms with Crippen LogP contribution >= 0.6 is 15.9 Å². The van der Waals surface area contributed by atoms with Crippen molar-refractivity contribution in [1.29, 1.82) is 0 Å². The van der Waals surface area contributed by atoms with Gasteiger partial charge >= 0.3 is 0 Å². The third kappa shape index (κ3) is 5.50. The van der Waals surface area contributed by atoms with Gasteiger partial charge in [0.25, 0.3) is 5.91 Å². The molecule has 0 aromatic heterocycles. The van der Waals surface area contributed by atoms with E-state index in [0.717, 1.165) is 10.0 Å². The van der Waals surface area contributed by atoms with E-state index >= 15 is 0 Å². The molecule has 0 spiro atoms. The Morgan fingerprint density at radius 3 is 2.30 bits per heavy atom. The number of rotatable bonds is 6. The van der Waals surface area contributed by atoms with Gasteiger partial charge in [-0.1, -0.05) is 28.1 Å². The Morgan fingerprint density at radius 2 is 1.70 bits per heavy atom. The van der Waals surface area contributed by atoms with Crippen molar-refractivity contribution in [3.05, 3.63) is 64.1 Å². The second kappa shape index (κ2) is 8.45. The molecule has 0 unspecified atom stereocenters. The van der Waals surface area contributed by atoms with Gasteiger partial charge in [-0.25, -0.2) is 5.48 Å². The fourth-order valence-electron chi connectivity index (χ4n) is 1.88. The number of benzene rings is 2. The second-order valence-electron chi connectivity index (χ2n) is 4.79. The lowest BCUT2D eigenvalue weighted by atomic mass is 10.1. The first-order valence-electron chi connectivity index (χ1n) is 7.15. The number of halogens is 1. The van der Waals surface area contributed by atoms with Gasteiger partial charge in [0.1, 0.15) is 0 Å². The van der Waals surface area contributed by atoms with Crippen LogP contribution in [0.25, 0.3) is 0 Å². The van der Waals surface area contributed by atoms with Crippen molar-refractivity contribution in [2.75, 3.05) is 11.9 Å². The maximum absolute atomic E-state index is 12.1. The van der Waals surface area contributed by atoms with Gasteiger partial charge in [-0.05, 0) is 48.9 Å². The molecule has 0 bridgehead atoms. The molecule has 0 fully saturated rings. The van der Waals surface area contributed by atoms with E-state index in [2.05, 4.69) is 26.7 Å². The molecule has 2 rings (SSSR count). The molecular weight excluding hydrogens is 360 g/mol. The molecule has 0 radical (unpaired) electrons. The molecule has 0 aliphatic heterocycles. The van der Waals surface area contributed by atoms with Crippen molar-refractivity contribution in [2.24, 2.45) is 0 Å². The molecule has 120 valence electrons. The molecule has 2 amide bonds. The van der Waals surface area contributed by atoms with Crippen LogP contribution in [0.1, 0.15) is 22.8 Å². The summed E-state index contributed by atoms with van der Waals surface area (Å²) in [7, 11) is 0. The summed E-state index contributed by atoms with van der Waals surface area (Å²) in [6, 6.07) is 14.2. The van der Waals surface area contributed by atoms with Gasteiger partial charge in [-0.15, -0.1) is 0 Å². The normalized spacial score (nSPS) is 10.2. The van der Waals surface area contributed by atoms with Crippen molar-refractivity contribution in [2.45, 2.75) is 13.3 Å². The average Bonchev–Trinajstić information content (AvgIpc) is 2.55. The predicted octanol–water partition coefficient (Wildman–Crippen LogP) is 3.31. The Labute approximate surface area is 143 Å². The van der Waals surface area contributed by atoms with Gasteiger partial charge < -0.3 is 5.32 Å². The van der Waals surface area contributed by atoms with Gasteiger partial charge in [0.2, 0.25) is 5.91 Å². The molecule has 0 heterocycles. The highest BCUT2D eigenvalue weighted by Crippen LogP contribution is 2.14. The molecule has 6 heteroatoms. The molecular formula is C17H17BrN2O3. The maximum Gasteiger partial charge on any atom is 0.255 e. The number of hydrogen-bond donors (Lipinski definition) is 2. The largest absolute Gasteiger partial charge is 0.322 e. The van der Waals surface area contributed by atoms with E-state index < -0.39 is 0 Å². The standard InChI is InChI=1S/C17H17BrN2O3/c1-2-23-20-16(21)11-12-3-9-15(10-4-12)19-17(22)13-5-7-14(18)8-6-13/h3-10H,2,11H2,1H3,(H,19,22)(H,20,21). The minimum absolute atomic E-state index is 0.181. The fraction of sp³-hybridized carbons (Fsp3) is 0.176. The monoisotopic (exact) mass is 376 g/mol. The predicted molar refractivity (Wildman–Crippen MR) is 92.0 cm³/mol. The van der Waals surface area contributed by atoms with Gasteiger partial charge in [0.15, 0.2) is 0 Å². The molecule has 23 heavy (non-hydrogen) atoms. The smallest absolute Gasteiger partial charge is 0.255 e. The summed E-state index contributed by atoms with van der Waals surface area (Å²) in [4.78, 5) is 28.5. The minimum Gasteiger partial charge on any atom is -0.322 e. The van der Waals surface area contributed by atoms with Crippen molar-refractivity contribution >= 4 is 33.4 Å². The lowest BCUT2D eigenvalue weighted by Gasteiger charge is -2.07. The van der Waals surface area contributed by atoms with Crippen LogP contribution in [0.5, 0.6) is 0 Å². The first-order chi connectivity index (χ1) is 11.1. The van der Waals surface area contributed by atoms with Crippen molar-refractivity contribution in [3.63, 3.8) is 0 Å². The van der Waals surface area contributed by atoms with Gasteiger partial charge in [-0.2, -0.15) is 0 Å². The van der Waals surface area contributed by atoms with Crippen LogP contribution in [0.15, 0.2) is 53.0 Å². The molecule has 0 aliphatic rings. The van der Waals surface area contributed by atoms with E-state index in [0.29, 0.717) is 17.9 Å². The van der Waals surface area contributed by atoms with E-state index in [1.54, 1.807) is 43.3 Å². The number of carbonyl (C=O) groups is 2. The number of hydroxylamine groups is 1. The summed E-state index contributed by atoms with van der Waals surface area (Å²) >= 11 is 3.33. The number of hydrogen-bond acceptors (Lipinski definition) is 3. The van der Waals surface area contributed by atoms with Gasteiger partial charge in [-0.3, -0.25) is 14.4 Å². The first kappa shape index (κ1) is 17.2. The van der Waals surface area contributed by atoms with Crippen LogP contribution in [-0.2, 0) is 16.1 Å². The summed E-state index contributed by atoms with van der Waals surface area (Å²) in [5, 5.41) is 2.81. The Bertz CT molecular complexity index is 669. The number of anilines is 1. The molecule has 2 aromatic carbocycles. The lowest BCUT2D eigenvalue weighted by Crippen LogP contribution is -2.25. The molecule has 0 aliphatic carbocycles. The zero-order chi connectivity index (χ0) is 16.7. The highest BCUT2D eigenvalue weighted by molar-refractivity contribution is 9.10. The molecule has 2 aromatic rings. The van der Waals surface area contributed by atoms with E-state index in [9.17, 15) is 9.59 Å². The summed E-state index contributed by atoms with van der Waals surface area (Å²) < 4.78 is 0.920. The van der Waals surface area contributed by atoms with Crippen molar-refractivity contribution in [3.8, 4) is 0 Å². The van der Waals surface area contributed by atoms with Crippen LogP contribution in [-0.4, -0.2) is 18.4 Å². The van der Waals surface area contributed by atoms with E-state index in [1.807, 2.05) is 12.1 Å². The maximum atomic E-state index is 12.1. The number of amides is 2. The Balaban J connectivity index is 1.93. The average molecular weight is 377 g/mol. The first-order valence-corrected chi connectivity index (χ1v) is 7.94. The van der Waals surface area contributed by atoms with Crippen LogP contribution in [0.3, 0.4) is 0 Å². The van der Waals surface area contributed by atoms with E-state index in [4.69, 9.17) is 4.84 Å². The van der Waals surface area contributed by atoms with Gasteiger partial charge in [0, 0.05) is 15.7 Å². The van der Waals surface area contributed by atoms with E-state index in [-0.39, 0.29) is 18.2 Å². The fourth-order valence-corrected chi connectivity index (χ4v) is 2.15. The van der Waals surface area contributed by atoms with Gasteiger partial charge in [0.05, 0.1) is 13.0 Å². The molecule has 0 saturated carbocycles. The Kier molecular flexibility index (Phi) is 6.31. The van der Waals surface area contributed by atoms with Crippen molar-refractivity contribution in [1.82, 2.24) is 5.48 Å². The minimum atomic E-state index is -0.210. The summed E-state index contributed by atoms with van der Waals surface area (Å²) in [6.07, 6.45) is 0.223. The molecule has 2 N–H and O–H groups in total. The van der Waals surface area contributed by atoms with E-state index in [1.165, 1.54) is 0 Å². The Hall–Kier alpha value is -2.18. The number of nitrogens with one attached hydrogen (secondary N) is 2. The Morgan fingerprint density at radius 1 is 1.04 bits per heavy atom. The van der Waals surface area contributed by atoms with Crippen LogP contribution < -0.4 is 10.8 Å². The quantitative estimate of drug-likeness (QED) is 0.759. The van der Waals surface area contributed by atoms with Crippen LogP contribution in [0.4, 0.5) is 5.69 Å². The summed E-state index contributed by atoms with van der Waals surface area (Å²) in [6.45, 7) is 2.22. The van der Waals surface area contributed by atoms with Crippen molar-refractivity contribution < 1.29 is 14.4 Å². The van der Waals surface area contributed by atoms with Crippen LogP contribution in [0, 0.1) is 0 Å². The molecule has 0 atom stereocenters. The lowest BCUT2D eigenvalue weighted by molar-refractivity contribution is -0.132. The highest BCUT2D eigenvalue weighted by atomic mass is 79.9.